The molecule has 0 aromatic heterocycles. The quantitative estimate of drug-likeness (QED) is 0.532. The summed E-state index contributed by atoms with van der Waals surface area (Å²) < 4.78 is 16.0. The van der Waals surface area contributed by atoms with Crippen molar-refractivity contribution in [3.63, 3.8) is 0 Å². The topological polar surface area (TPSA) is 126 Å². The number of benzene rings is 1. The molecule has 1 aromatic rings. The molecule has 0 unspecified atom stereocenters. The van der Waals surface area contributed by atoms with E-state index in [9.17, 15) is 25.2 Å². The van der Waals surface area contributed by atoms with Crippen LogP contribution in [0.3, 0.4) is 0 Å². The Labute approximate surface area is 145 Å². The number of hydrogen-bond acceptors (Lipinski definition) is 8. The van der Waals surface area contributed by atoms with Gasteiger partial charge in [0.1, 0.15) is 42.5 Å². The third-order valence-corrected chi connectivity index (χ3v) is 4.16. The van der Waals surface area contributed by atoms with Gasteiger partial charge in [0.05, 0.1) is 5.92 Å². The number of rotatable bonds is 6. The van der Waals surface area contributed by atoms with Gasteiger partial charge in [-0.2, -0.15) is 0 Å². The molecule has 0 spiro atoms. The molecule has 1 fully saturated rings. The van der Waals surface area contributed by atoms with Crippen molar-refractivity contribution in [2.24, 2.45) is 5.92 Å². The van der Waals surface area contributed by atoms with Crippen molar-refractivity contribution in [3.8, 4) is 11.5 Å². The van der Waals surface area contributed by atoms with E-state index in [0.29, 0.717) is 12.2 Å². The zero-order valence-corrected chi connectivity index (χ0v) is 14.1. The number of ether oxygens (including phenoxy) is 3. The maximum Gasteiger partial charge on any atom is 0.308 e. The Morgan fingerprint density at radius 1 is 1.16 bits per heavy atom. The first-order valence-electron chi connectivity index (χ1n) is 8.15. The van der Waals surface area contributed by atoms with E-state index >= 15 is 0 Å². The molecular formula is C17H24O8. The molecule has 0 radical (unpaired) electrons. The van der Waals surface area contributed by atoms with Crippen LogP contribution in [0.1, 0.15) is 20.3 Å². The lowest BCUT2D eigenvalue weighted by atomic mass is 9.99. The van der Waals surface area contributed by atoms with Crippen LogP contribution >= 0.6 is 0 Å². The predicted molar refractivity (Wildman–Crippen MR) is 85.8 cm³/mol. The van der Waals surface area contributed by atoms with Gasteiger partial charge in [-0.15, -0.1) is 0 Å². The van der Waals surface area contributed by atoms with E-state index < -0.39 is 36.7 Å². The Morgan fingerprint density at radius 3 is 2.40 bits per heavy atom. The largest absolute Gasteiger partial charge is 0.508 e. The SMILES string of the molecule is CC[C@@H](C)C(=O)OC[C@H]1O[C@@H](Oc2ccc(O)cc2)[C@H](O)[C@@H](O)[C@@H]1O. The van der Waals surface area contributed by atoms with Gasteiger partial charge in [-0.05, 0) is 30.7 Å². The molecule has 6 atom stereocenters. The van der Waals surface area contributed by atoms with Gasteiger partial charge in [0, 0.05) is 0 Å². The smallest absolute Gasteiger partial charge is 0.308 e. The van der Waals surface area contributed by atoms with Crippen molar-refractivity contribution in [1.29, 1.82) is 0 Å². The highest BCUT2D eigenvalue weighted by Crippen LogP contribution is 2.25. The van der Waals surface area contributed by atoms with Crippen LogP contribution in [0.15, 0.2) is 24.3 Å². The molecule has 1 saturated heterocycles. The second-order valence-corrected chi connectivity index (χ2v) is 6.07. The monoisotopic (exact) mass is 356 g/mol. The van der Waals surface area contributed by atoms with E-state index in [0.717, 1.165) is 0 Å². The van der Waals surface area contributed by atoms with Crippen LogP contribution in [0.25, 0.3) is 0 Å². The zero-order valence-electron chi connectivity index (χ0n) is 14.1. The highest BCUT2D eigenvalue weighted by Gasteiger charge is 2.45. The normalized spacial score (nSPS) is 30.5. The number of phenolic OH excluding ortho intramolecular Hbond substituents is 1. The number of esters is 1. The fraction of sp³-hybridized carbons (Fsp3) is 0.588. The highest BCUT2D eigenvalue weighted by molar-refractivity contribution is 5.71. The van der Waals surface area contributed by atoms with Crippen LogP contribution in [-0.4, -0.2) is 63.7 Å². The first-order chi connectivity index (χ1) is 11.8. The van der Waals surface area contributed by atoms with Gasteiger partial charge < -0.3 is 34.6 Å². The van der Waals surface area contributed by atoms with E-state index in [1.807, 2.05) is 6.92 Å². The van der Waals surface area contributed by atoms with Gasteiger partial charge in [-0.1, -0.05) is 13.8 Å². The number of aromatic hydroxyl groups is 1. The van der Waals surface area contributed by atoms with Crippen molar-refractivity contribution in [2.45, 2.75) is 51.0 Å². The molecule has 4 N–H and O–H groups in total. The van der Waals surface area contributed by atoms with Crippen LogP contribution in [0.4, 0.5) is 0 Å². The van der Waals surface area contributed by atoms with Gasteiger partial charge in [0.2, 0.25) is 6.29 Å². The van der Waals surface area contributed by atoms with Gasteiger partial charge >= 0.3 is 5.97 Å². The number of hydrogen-bond donors (Lipinski definition) is 4. The average molecular weight is 356 g/mol. The Morgan fingerprint density at radius 2 is 1.80 bits per heavy atom. The standard InChI is InChI=1S/C17H24O8/c1-3-9(2)16(22)23-8-12-13(19)14(20)15(21)17(25-12)24-11-6-4-10(18)5-7-11/h4-7,9,12-15,17-21H,3,8H2,1-2H3/t9-,12-,13-,14+,15-,17-/m1/s1. The van der Waals surface area contributed by atoms with Crippen LogP contribution in [0.2, 0.25) is 0 Å². The summed E-state index contributed by atoms with van der Waals surface area (Å²) in [6.45, 7) is 3.29. The molecule has 1 aliphatic heterocycles. The molecule has 1 aliphatic rings. The minimum absolute atomic E-state index is 0.0442. The average Bonchev–Trinajstić information content (AvgIpc) is 2.61. The lowest BCUT2D eigenvalue weighted by Crippen LogP contribution is -2.60. The third kappa shape index (κ3) is 4.82. The first kappa shape index (κ1) is 19.5. The van der Waals surface area contributed by atoms with E-state index in [2.05, 4.69) is 0 Å². The second kappa shape index (κ2) is 8.48. The molecule has 8 heteroatoms. The summed E-state index contributed by atoms with van der Waals surface area (Å²) in [5, 5.41) is 39.3. The number of aliphatic hydroxyl groups excluding tert-OH is 3. The molecule has 2 rings (SSSR count). The van der Waals surface area contributed by atoms with Gasteiger partial charge in [0.15, 0.2) is 0 Å². The van der Waals surface area contributed by atoms with Crippen molar-refractivity contribution in [2.75, 3.05) is 6.61 Å². The zero-order chi connectivity index (χ0) is 18.6. The van der Waals surface area contributed by atoms with E-state index in [-0.39, 0.29) is 18.3 Å². The molecule has 0 saturated carbocycles. The minimum Gasteiger partial charge on any atom is -0.508 e. The van der Waals surface area contributed by atoms with E-state index in [1.165, 1.54) is 24.3 Å². The van der Waals surface area contributed by atoms with Gasteiger partial charge in [-0.25, -0.2) is 0 Å². The van der Waals surface area contributed by atoms with Crippen molar-refractivity contribution >= 4 is 5.97 Å². The predicted octanol–water partition coefficient (Wildman–Crippen LogP) is 0.168. The molecule has 25 heavy (non-hydrogen) atoms. The fourth-order valence-electron chi connectivity index (χ4n) is 2.28. The second-order valence-electron chi connectivity index (χ2n) is 6.07. The molecular weight excluding hydrogens is 332 g/mol. The lowest BCUT2D eigenvalue weighted by molar-refractivity contribution is -0.278. The molecule has 8 nitrogen and oxygen atoms in total. The van der Waals surface area contributed by atoms with Crippen LogP contribution < -0.4 is 4.74 Å². The minimum atomic E-state index is -1.52. The van der Waals surface area contributed by atoms with Crippen molar-refractivity contribution in [1.82, 2.24) is 0 Å². The van der Waals surface area contributed by atoms with E-state index in [4.69, 9.17) is 14.2 Å². The number of aliphatic hydroxyl groups is 3. The molecule has 1 aromatic carbocycles. The van der Waals surface area contributed by atoms with Crippen LogP contribution in [0.5, 0.6) is 11.5 Å². The van der Waals surface area contributed by atoms with Crippen LogP contribution in [0, 0.1) is 5.92 Å². The Bertz CT molecular complexity index is 560. The molecule has 140 valence electrons. The highest BCUT2D eigenvalue weighted by atomic mass is 16.7. The summed E-state index contributed by atoms with van der Waals surface area (Å²) >= 11 is 0. The summed E-state index contributed by atoms with van der Waals surface area (Å²) in [6.07, 6.45) is -6.16. The van der Waals surface area contributed by atoms with Crippen molar-refractivity contribution in [3.05, 3.63) is 24.3 Å². The summed E-state index contributed by atoms with van der Waals surface area (Å²) in [4.78, 5) is 11.7. The number of carbonyl (C=O) groups excluding carboxylic acids is 1. The van der Waals surface area contributed by atoms with Gasteiger partial charge in [-0.3, -0.25) is 4.79 Å². The summed E-state index contributed by atoms with van der Waals surface area (Å²) in [6, 6.07) is 5.70. The Kier molecular flexibility index (Phi) is 6.60. The summed E-state index contributed by atoms with van der Waals surface area (Å²) in [5.74, 6) is -0.390. The molecule has 0 amide bonds. The summed E-state index contributed by atoms with van der Waals surface area (Å²) in [7, 11) is 0. The molecule has 1 heterocycles. The fourth-order valence-corrected chi connectivity index (χ4v) is 2.28. The van der Waals surface area contributed by atoms with Crippen LogP contribution in [-0.2, 0) is 14.3 Å². The Hall–Kier alpha value is -1.87. The molecule has 0 bridgehead atoms. The number of phenols is 1. The maximum atomic E-state index is 11.7. The van der Waals surface area contributed by atoms with E-state index in [1.54, 1.807) is 6.92 Å². The lowest BCUT2D eigenvalue weighted by Gasteiger charge is -2.40. The van der Waals surface area contributed by atoms with Crippen molar-refractivity contribution < 1.29 is 39.4 Å². The summed E-state index contributed by atoms with van der Waals surface area (Å²) in [5.41, 5.74) is 0. The first-order valence-corrected chi connectivity index (χ1v) is 8.15. The van der Waals surface area contributed by atoms with Gasteiger partial charge in [0.25, 0.3) is 0 Å². The number of carbonyl (C=O) groups is 1. The maximum absolute atomic E-state index is 11.7. The third-order valence-electron chi connectivity index (χ3n) is 4.16. The molecule has 0 aliphatic carbocycles. The Balaban J connectivity index is 2.01.